The third-order valence-corrected chi connectivity index (χ3v) is 4.25. The van der Waals surface area contributed by atoms with E-state index in [-0.39, 0.29) is 11.2 Å². The molecule has 0 saturated carbocycles. The molecule has 0 bridgehead atoms. The summed E-state index contributed by atoms with van der Waals surface area (Å²) in [5.74, 6) is 0.242. The second-order valence-electron chi connectivity index (χ2n) is 6.59. The van der Waals surface area contributed by atoms with Gasteiger partial charge in [0.25, 0.3) is 0 Å². The van der Waals surface area contributed by atoms with E-state index in [0.29, 0.717) is 12.6 Å². The topological polar surface area (TPSA) is 49.4 Å². The van der Waals surface area contributed by atoms with E-state index in [0.717, 1.165) is 25.9 Å². The van der Waals surface area contributed by atoms with Crippen molar-refractivity contribution in [2.24, 2.45) is 5.41 Å². The predicted molar refractivity (Wildman–Crippen MR) is 83.4 cm³/mol. The molecule has 0 aromatic carbocycles. The van der Waals surface area contributed by atoms with Gasteiger partial charge in [0.15, 0.2) is 0 Å². The Balaban J connectivity index is 4.16. The van der Waals surface area contributed by atoms with Gasteiger partial charge in [-0.1, -0.05) is 27.7 Å². The third kappa shape index (κ3) is 10.3. The average Bonchev–Trinajstić information content (AvgIpc) is 2.23. The van der Waals surface area contributed by atoms with E-state index < -0.39 is 9.84 Å². The molecule has 1 unspecified atom stereocenters. The highest BCUT2D eigenvalue weighted by atomic mass is 32.2. The van der Waals surface area contributed by atoms with Crippen LogP contribution < -0.4 is 5.32 Å². The minimum absolute atomic E-state index is 0.229. The van der Waals surface area contributed by atoms with Gasteiger partial charge >= 0.3 is 0 Å². The first-order chi connectivity index (χ1) is 8.56. The van der Waals surface area contributed by atoms with Gasteiger partial charge in [0.1, 0.15) is 9.84 Å². The lowest BCUT2D eigenvalue weighted by Crippen LogP contribution is -2.43. The molecule has 1 atom stereocenters. The van der Waals surface area contributed by atoms with Crippen molar-refractivity contribution >= 4 is 9.84 Å². The SMILES string of the molecule is CCCNC(CCN(C)CCS(C)(=O)=O)C(C)(C)C. The molecule has 0 amide bonds. The fourth-order valence-electron chi connectivity index (χ4n) is 1.94. The van der Waals surface area contributed by atoms with E-state index in [1.165, 1.54) is 6.26 Å². The lowest BCUT2D eigenvalue weighted by atomic mass is 9.84. The van der Waals surface area contributed by atoms with Gasteiger partial charge in [-0.25, -0.2) is 8.42 Å². The zero-order valence-corrected chi connectivity index (χ0v) is 14.3. The quantitative estimate of drug-likeness (QED) is 0.703. The Morgan fingerprint density at radius 2 is 1.79 bits per heavy atom. The van der Waals surface area contributed by atoms with Gasteiger partial charge in [0.05, 0.1) is 5.75 Å². The highest BCUT2D eigenvalue weighted by Gasteiger charge is 2.23. The molecule has 0 aliphatic rings. The number of nitrogens with zero attached hydrogens (tertiary/aromatic N) is 1. The normalized spacial score (nSPS) is 14.9. The summed E-state index contributed by atoms with van der Waals surface area (Å²) in [6.07, 6.45) is 3.47. The molecule has 0 spiro atoms. The van der Waals surface area contributed by atoms with Crippen LogP contribution in [0.5, 0.6) is 0 Å². The molecule has 0 fully saturated rings. The molecule has 5 heteroatoms. The minimum atomic E-state index is -2.86. The summed E-state index contributed by atoms with van der Waals surface area (Å²) in [5.41, 5.74) is 0.229. The summed E-state index contributed by atoms with van der Waals surface area (Å²) < 4.78 is 22.3. The van der Waals surface area contributed by atoms with E-state index in [4.69, 9.17) is 0 Å². The van der Waals surface area contributed by atoms with Crippen LogP contribution in [-0.2, 0) is 9.84 Å². The van der Waals surface area contributed by atoms with Crippen LogP contribution in [-0.4, -0.2) is 58.1 Å². The Bertz CT molecular complexity index is 334. The Hall–Kier alpha value is -0.130. The molecule has 0 aromatic heterocycles. The Morgan fingerprint density at radius 3 is 2.21 bits per heavy atom. The first-order valence-electron chi connectivity index (χ1n) is 7.16. The zero-order chi connectivity index (χ0) is 15.1. The molecule has 1 N–H and O–H groups in total. The summed E-state index contributed by atoms with van der Waals surface area (Å²) in [6.45, 7) is 11.5. The molecule has 0 aromatic rings. The second-order valence-corrected chi connectivity index (χ2v) is 8.85. The van der Waals surface area contributed by atoms with E-state index in [1.807, 2.05) is 7.05 Å². The highest BCUT2D eigenvalue weighted by molar-refractivity contribution is 7.90. The fourth-order valence-corrected chi connectivity index (χ4v) is 2.59. The molecule has 0 rings (SSSR count). The summed E-state index contributed by atoms with van der Waals surface area (Å²) >= 11 is 0. The first-order valence-corrected chi connectivity index (χ1v) is 9.22. The lowest BCUT2D eigenvalue weighted by molar-refractivity contribution is 0.225. The molecule has 0 aliphatic carbocycles. The second kappa shape index (κ2) is 8.22. The lowest BCUT2D eigenvalue weighted by Gasteiger charge is -2.33. The van der Waals surface area contributed by atoms with Crippen LogP contribution in [0.4, 0.5) is 0 Å². The summed E-state index contributed by atoms with van der Waals surface area (Å²) in [4.78, 5) is 2.10. The number of sulfone groups is 1. The van der Waals surface area contributed by atoms with Crippen molar-refractivity contribution in [2.45, 2.75) is 46.6 Å². The van der Waals surface area contributed by atoms with Gasteiger partial charge in [-0.05, 0) is 38.4 Å². The number of hydrogen-bond acceptors (Lipinski definition) is 4. The summed E-state index contributed by atoms with van der Waals surface area (Å²) in [7, 11) is -0.867. The van der Waals surface area contributed by atoms with Crippen molar-refractivity contribution in [3.63, 3.8) is 0 Å². The van der Waals surface area contributed by atoms with Gasteiger partial charge in [-0.15, -0.1) is 0 Å². The van der Waals surface area contributed by atoms with Crippen molar-refractivity contribution in [3.05, 3.63) is 0 Å². The van der Waals surface area contributed by atoms with E-state index in [9.17, 15) is 8.42 Å². The molecule has 116 valence electrons. The van der Waals surface area contributed by atoms with Crippen LogP contribution in [0.3, 0.4) is 0 Å². The van der Waals surface area contributed by atoms with Gasteiger partial charge in [0.2, 0.25) is 0 Å². The molecule has 0 saturated heterocycles. The molecule has 0 radical (unpaired) electrons. The van der Waals surface area contributed by atoms with Gasteiger partial charge in [-0.2, -0.15) is 0 Å². The van der Waals surface area contributed by atoms with E-state index in [1.54, 1.807) is 0 Å². The maximum absolute atomic E-state index is 11.1. The maximum Gasteiger partial charge on any atom is 0.148 e. The number of hydrogen-bond donors (Lipinski definition) is 1. The molecule has 19 heavy (non-hydrogen) atoms. The molecule has 0 heterocycles. The molecular weight excluding hydrogens is 260 g/mol. The third-order valence-electron chi connectivity index (χ3n) is 3.33. The Kier molecular flexibility index (Phi) is 8.17. The fraction of sp³-hybridized carbons (Fsp3) is 1.00. The molecule has 4 nitrogen and oxygen atoms in total. The molecular formula is C14H32N2O2S. The van der Waals surface area contributed by atoms with Crippen LogP contribution in [0.15, 0.2) is 0 Å². The number of nitrogens with one attached hydrogen (secondary N) is 1. The summed E-state index contributed by atoms with van der Waals surface area (Å²) in [5, 5.41) is 3.59. The monoisotopic (exact) mass is 292 g/mol. The zero-order valence-electron chi connectivity index (χ0n) is 13.5. The summed E-state index contributed by atoms with van der Waals surface area (Å²) in [6, 6.07) is 0.466. The average molecular weight is 292 g/mol. The first kappa shape index (κ1) is 18.9. The Morgan fingerprint density at radius 1 is 1.21 bits per heavy atom. The largest absolute Gasteiger partial charge is 0.313 e. The smallest absolute Gasteiger partial charge is 0.148 e. The van der Waals surface area contributed by atoms with Crippen molar-refractivity contribution in [2.75, 3.05) is 38.7 Å². The van der Waals surface area contributed by atoms with Gasteiger partial charge in [-0.3, -0.25) is 0 Å². The van der Waals surface area contributed by atoms with E-state index in [2.05, 4.69) is 37.9 Å². The van der Waals surface area contributed by atoms with Crippen LogP contribution >= 0.6 is 0 Å². The van der Waals surface area contributed by atoms with Crippen LogP contribution in [0.2, 0.25) is 0 Å². The van der Waals surface area contributed by atoms with Gasteiger partial charge < -0.3 is 10.2 Å². The van der Waals surface area contributed by atoms with Crippen LogP contribution in [0, 0.1) is 5.41 Å². The minimum Gasteiger partial charge on any atom is -0.313 e. The van der Waals surface area contributed by atoms with E-state index >= 15 is 0 Å². The van der Waals surface area contributed by atoms with Crippen molar-refractivity contribution < 1.29 is 8.42 Å². The van der Waals surface area contributed by atoms with Crippen LogP contribution in [0.1, 0.15) is 40.5 Å². The maximum atomic E-state index is 11.1. The number of rotatable bonds is 9. The van der Waals surface area contributed by atoms with Crippen molar-refractivity contribution in [1.82, 2.24) is 10.2 Å². The van der Waals surface area contributed by atoms with Crippen molar-refractivity contribution in [1.29, 1.82) is 0 Å². The highest BCUT2D eigenvalue weighted by Crippen LogP contribution is 2.22. The Labute approximate surface area is 119 Å². The standard InChI is InChI=1S/C14H32N2O2S/c1-7-9-15-13(14(2,3)4)8-10-16(5)11-12-19(6,17)18/h13,15H,7-12H2,1-6H3. The predicted octanol–water partition coefficient (Wildman–Crippen LogP) is 1.77. The van der Waals surface area contributed by atoms with Crippen molar-refractivity contribution in [3.8, 4) is 0 Å². The van der Waals surface area contributed by atoms with Crippen LogP contribution in [0.25, 0.3) is 0 Å². The van der Waals surface area contributed by atoms with Gasteiger partial charge in [0, 0.05) is 18.8 Å². The molecule has 0 aliphatic heterocycles.